The molecule has 0 heterocycles. The van der Waals surface area contributed by atoms with Crippen LogP contribution < -0.4 is 9.47 Å². The molecule has 22 heavy (non-hydrogen) atoms. The number of hydrogen-bond acceptors (Lipinski definition) is 6. The normalized spacial score (nSPS) is 9.59. The number of nitro groups is 1. The number of rotatable bonds is 5. The summed E-state index contributed by atoms with van der Waals surface area (Å²) >= 11 is 0. The lowest BCUT2D eigenvalue weighted by Gasteiger charge is -2.07. The number of benzene rings is 2. The second-order valence-electron chi connectivity index (χ2n) is 4.12. The molecule has 2 aromatic rings. The summed E-state index contributed by atoms with van der Waals surface area (Å²) in [5.41, 5.74) is 0.213. The van der Waals surface area contributed by atoms with Crippen molar-refractivity contribution in [3.05, 3.63) is 64.2 Å². The first-order valence-electron chi connectivity index (χ1n) is 6.17. The molecular formula is C15H10N2O5. The molecule has 0 aliphatic heterocycles. The zero-order valence-corrected chi connectivity index (χ0v) is 11.3. The minimum Gasteiger partial charge on any atom is -0.481 e. The quantitative estimate of drug-likeness (QED) is 0.363. The Morgan fingerprint density at radius 2 is 1.86 bits per heavy atom. The van der Waals surface area contributed by atoms with E-state index in [0.29, 0.717) is 5.56 Å². The Bertz CT molecular complexity index is 734. The Balaban J connectivity index is 1.93. The highest BCUT2D eigenvalue weighted by Crippen LogP contribution is 2.18. The molecular weight excluding hydrogens is 288 g/mol. The molecule has 110 valence electrons. The topological polar surface area (TPSA) is 102 Å². The van der Waals surface area contributed by atoms with E-state index >= 15 is 0 Å². The molecule has 0 atom stereocenters. The zero-order chi connectivity index (χ0) is 15.9. The van der Waals surface area contributed by atoms with Gasteiger partial charge in [0.15, 0.2) is 6.61 Å². The van der Waals surface area contributed by atoms with E-state index in [4.69, 9.17) is 14.7 Å². The second kappa shape index (κ2) is 6.85. The second-order valence-corrected chi connectivity index (χ2v) is 4.12. The first-order chi connectivity index (χ1) is 10.6. The Kier molecular flexibility index (Phi) is 4.67. The summed E-state index contributed by atoms with van der Waals surface area (Å²) in [6.07, 6.45) is 0. The molecule has 0 radical (unpaired) electrons. The van der Waals surface area contributed by atoms with Gasteiger partial charge in [0.25, 0.3) is 5.69 Å². The fourth-order valence-electron chi connectivity index (χ4n) is 1.62. The lowest BCUT2D eigenvalue weighted by molar-refractivity contribution is -0.384. The van der Waals surface area contributed by atoms with Crippen LogP contribution in [0.3, 0.4) is 0 Å². The SMILES string of the molecule is N#Cc1ccccc1OCC(=O)Oc1ccc([N+](=O)[O-])cc1. The molecule has 7 heteroatoms. The van der Waals surface area contributed by atoms with Crippen LogP contribution in [0.2, 0.25) is 0 Å². The van der Waals surface area contributed by atoms with Crippen LogP contribution in [0.1, 0.15) is 5.56 Å². The van der Waals surface area contributed by atoms with Crippen molar-refractivity contribution in [2.45, 2.75) is 0 Å². The number of ether oxygens (including phenoxy) is 2. The van der Waals surface area contributed by atoms with Gasteiger partial charge in [0.05, 0.1) is 10.5 Å². The summed E-state index contributed by atoms with van der Waals surface area (Å²) < 4.78 is 10.2. The Morgan fingerprint density at radius 1 is 1.18 bits per heavy atom. The number of esters is 1. The van der Waals surface area contributed by atoms with Gasteiger partial charge < -0.3 is 9.47 Å². The van der Waals surface area contributed by atoms with Crippen LogP contribution in [0, 0.1) is 21.4 Å². The minimum atomic E-state index is -0.679. The molecule has 2 aromatic carbocycles. The van der Waals surface area contributed by atoms with E-state index in [1.807, 2.05) is 6.07 Å². The van der Waals surface area contributed by atoms with Gasteiger partial charge in [-0.1, -0.05) is 12.1 Å². The van der Waals surface area contributed by atoms with Crippen molar-refractivity contribution < 1.29 is 19.2 Å². The van der Waals surface area contributed by atoms with E-state index in [2.05, 4.69) is 0 Å². The van der Waals surface area contributed by atoms with Crippen molar-refractivity contribution in [1.82, 2.24) is 0 Å². The fourth-order valence-corrected chi connectivity index (χ4v) is 1.62. The molecule has 0 bridgehead atoms. The van der Waals surface area contributed by atoms with E-state index in [-0.39, 0.29) is 23.8 Å². The van der Waals surface area contributed by atoms with E-state index in [9.17, 15) is 14.9 Å². The molecule has 0 N–H and O–H groups in total. The first kappa shape index (κ1) is 15.0. The minimum absolute atomic E-state index is 0.0982. The number of carbonyl (C=O) groups is 1. The van der Waals surface area contributed by atoms with Crippen LogP contribution in [-0.2, 0) is 4.79 Å². The van der Waals surface area contributed by atoms with Crippen LogP contribution in [0.4, 0.5) is 5.69 Å². The summed E-state index contributed by atoms with van der Waals surface area (Å²) in [7, 11) is 0. The van der Waals surface area contributed by atoms with Crippen molar-refractivity contribution >= 4 is 11.7 Å². The largest absolute Gasteiger partial charge is 0.481 e. The number of nitrogens with zero attached hydrogens (tertiary/aromatic N) is 2. The Hall–Kier alpha value is -3.40. The predicted octanol–water partition coefficient (Wildman–Crippen LogP) is 2.45. The third-order valence-electron chi connectivity index (χ3n) is 2.63. The van der Waals surface area contributed by atoms with Crippen LogP contribution >= 0.6 is 0 Å². The summed E-state index contributed by atoms with van der Waals surface area (Å²) in [5.74, 6) is -0.222. The number of para-hydroxylation sites is 1. The smallest absolute Gasteiger partial charge is 0.349 e. The summed E-state index contributed by atoms with van der Waals surface area (Å²) in [6, 6.07) is 13.5. The Morgan fingerprint density at radius 3 is 2.50 bits per heavy atom. The van der Waals surface area contributed by atoms with Crippen molar-refractivity contribution in [1.29, 1.82) is 5.26 Å². The number of carbonyl (C=O) groups excluding carboxylic acids is 1. The molecule has 0 spiro atoms. The van der Waals surface area contributed by atoms with E-state index in [1.54, 1.807) is 24.3 Å². The third kappa shape index (κ3) is 3.80. The molecule has 0 saturated carbocycles. The number of nitro benzene ring substituents is 1. The molecule has 0 aliphatic rings. The third-order valence-corrected chi connectivity index (χ3v) is 2.63. The van der Waals surface area contributed by atoms with Gasteiger partial charge in [0.1, 0.15) is 17.6 Å². The van der Waals surface area contributed by atoms with Gasteiger partial charge in [-0.25, -0.2) is 4.79 Å². The van der Waals surface area contributed by atoms with Crippen molar-refractivity contribution in [3.63, 3.8) is 0 Å². The van der Waals surface area contributed by atoms with Crippen molar-refractivity contribution in [3.8, 4) is 17.6 Å². The molecule has 7 nitrogen and oxygen atoms in total. The molecule has 0 aromatic heterocycles. The van der Waals surface area contributed by atoms with Gasteiger partial charge >= 0.3 is 5.97 Å². The molecule has 0 aliphatic carbocycles. The first-order valence-corrected chi connectivity index (χ1v) is 6.17. The van der Waals surface area contributed by atoms with Gasteiger partial charge in [-0.3, -0.25) is 10.1 Å². The maximum Gasteiger partial charge on any atom is 0.349 e. The summed E-state index contributed by atoms with van der Waals surface area (Å²) in [4.78, 5) is 21.6. The van der Waals surface area contributed by atoms with Crippen LogP contribution in [0.5, 0.6) is 11.5 Å². The van der Waals surface area contributed by atoms with Crippen LogP contribution in [0.15, 0.2) is 48.5 Å². The number of nitriles is 1. The van der Waals surface area contributed by atoms with Crippen LogP contribution in [0.25, 0.3) is 0 Å². The van der Waals surface area contributed by atoms with E-state index in [1.165, 1.54) is 24.3 Å². The molecule has 0 saturated heterocycles. The highest BCUT2D eigenvalue weighted by molar-refractivity contribution is 5.74. The van der Waals surface area contributed by atoms with Gasteiger partial charge in [0.2, 0.25) is 0 Å². The van der Waals surface area contributed by atoms with Gasteiger partial charge in [-0.15, -0.1) is 0 Å². The molecule has 0 unspecified atom stereocenters. The number of non-ortho nitro benzene ring substituents is 1. The lowest BCUT2D eigenvalue weighted by Crippen LogP contribution is -2.18. The van der Waals surface area contributed by atoms with Crippen LogP contribution in [-0.4, -0.2) is 17.5 Å². The highest BCUT2D eigenvalue weighted by atomic mass is 16.6. The zero-order valence-electron chi connectivity index (χ0n) is 11.3. The van der Waals surface area contributed by atoms with E-state index in [0.717, 1.165) is 0 Å². The molecule has 0 amide bonds. The van der Waals surface area contributed by atoms with Gasteiger partial charge in [-0.05, 0) is 24.3 Å². The maximum atomic E-state index is 11.6. The number of hydrogen-bond donors (Lipinski definition) is 0. The fraction of sp³-hybridized carbons (Fsp3) is 0.0667. The van der Waals surface area contributed by atoms with Gasteiger partial charge in [0, 0.05) is 12.1 Å². The Labute approximate surface area is 125 Å². The van der Waals surface area contributed by atoms with Crippen molar-refractivity contribution in [2.24, 2.45) is 0 Å². The van der Waals surface area contributed by atoms with Crippen molar-refractivity contribution in [2.75, 3.05) is 6.61 Å². The lowest BCUT2D eigenvalue weighted by atomic mass is 10.2. The van der Waals surface area contributed by atoms with E-state index < -0.39 is 10.9 Å². The predicted molar refractivity (Wildman–Crippen MR) is 75.4 cm³/mol. The average molecular weight is 298 g/mol. The standard InChI is InChI=1S/C15H10N2O5/c16-9-11-3-1-2-4-14(11)21-10-15(18)22-13-7-5-12(6-8-13)17(19)20/h1-8H,10H2. The summed E-state index contributed by atoms with van der Waals surface area (Å²) in [6.45, 7) is -0.379. The average Bonchev–Trinajstić information content (AvgIpc) is 2.53. The molecule has 0 fully saturated rings. The summed E-state index contributed by atoms with van der Waals surface area (Å²) in [5, 5.41) is 19.4. The maximum absolute atomic E-state index is 11.6. The van der Waals surface area contributed by atoms with Gasteiger partial charge in [-0.2, -0.15) is 5.26 Å². The highest BCUT2D eigenvalue weighted by Gasteiger charge is 2.10. The monoisotopic (exact) mass is 298 g/mol. The molecule has 2 rings (SSSR count).